The molecule has 0 saturated heterocycles. The van der Waals surface area contributed by atoms with Crippen LogP contribution in [-0.4, -0.2) is 23.7 Å². The molecule has 4 nitrogen and oxygen atoms in total. The molecule has 28 heavy (non-hydrogen) atoms. The van der Waals surface area contributed by atoms with Gasteiger partial charge in [-0.2, -0.15) is 0 Å². The second kappa shape index (κ2) is 20.2. The van der Waals surface area contributed by atoms with Gasteiger partial charge in [-0.15, -0.1) is 0 Å². The molecule has 1 atom stereocenters. The number of aliphatic carboxylic acids is 1. The zero-order valence-electron chi connectivity index (χ0n) is 18.0. The van der Waals surface area contributed by atoms with Crippen LogP contribution in [0.2, 0.25) is 0 Å². The summed E-state index contributed by atoms with van der Waals surface area (Å²) in [5.41, 5.74) is 0. The summed E-state index contributed by atoms with van der Waals surface area (Å²) in [6, 6.07) is 0. The molecule has 0 bridgehead atoms. The Morgan fingerprint density at radius 1 is 0.893 bits per heavy atom. The molecule has 1 N–H and O–H groups in total. The molecule has 0 aromatic heterocycles. The van der Waals surface area contributed by atoms with E-state index in [2.05, 4.69) is 13.5 Å². The van der Waals surface area contributed by atoms with Crippen molar-refractivity contribution in [2.45, 2.75) is 103 Å². The maximum atomic E-state index is 11.8. The summed E-state index contributed by atoms with van der Waals surface area (Å²) in [7, 11) is 0. The van der Waals surface area contributed by atoms with Gasteiger partial charge in [-0.3, -0.25) is 9.59 Å². The van der Waals surface area contributed by atoms with E-state index in [4.69, 9.17) is 9.84 Å². The quantitative estimate of drug-likeness (QED) is 0.139. The van der Waals surface area contributed by atoms with Crippen LogP contribution in [0, 0.1) is 5.92 Å². The predicted molar refractivity (Wildman–Crippen MR) is 116 cm³/mol. The summed E-state index contributed by atoms with van der Waals surface area (Å²) in [6.07, 6.45) is 22.9. The first-order valence-electron chi connectivity index (χ1n) is 11.3. The molecule has 0 aliphatic heterocycles. The number of carboxylic acid groups (broad SMARTS) is 1. The molecule has 0 fully saturated rings. The minimum Gasteiger partial charge on any atom is -0.481 e. The zero-order valence-corrected chi connectivity index (χ0v) is 18.0. The maximum Gasteiger partial charge on any atom is 0.313 e. The molecule has 4 heteroatoms. The van der Waals surface area contributed by atoms with Gasteiger partial charge in [0.1, 0.15) is 6.61 Å². The fraction of sp³-hybridized carbons (Fsp3) is 0.750. The Labute approximate surface area is 172 Å². The van der Waals surface area contributed by atoms with Crippen LogP contribution in [-0.2, 0) is 14.3 Å². The number of rotatable bonds is 20. The Morgan fingerprint density at radius 2 is 1.39 bits per heavy atom. The highest BCUT2D eigenvalue weighted by Crippen LogP contribution is 2.14. The number of unbranched alkanes of at least 4 members (excludes halogenated alkanes) is 13. The number of ether oxygens (including phenoxy) is 1. The van der Waals surface area contributed by atoms with Crippen LogP contribution >= 0.6 is 0 Å². The van der Waals surface area contributed by atoms with E-state index in [0.29, 0.717) is 0 Å². The average molecular weight is 395 g/mol. The number of carbonyl (C=O) groups excluding carboxylic acids is 1. The van der Waals surface area contributed by atoms with E-state index >= 15 is 0 Å². The van der Waals surface area contributed by atoms with Gasteiger partial charge in [0, 0.05) is 0 Å². The van der Waals surface area contributed by atoms with Gasteiger partial charge >= 0.3 is 11.9 Å². The third-order valence-electron chi connectivity index (χ3n) is 4.88. The maximum absolute atomic E-state index is 11.8. The SMILES string of the molecule is C=CCOC(=O)C(/C=C/CCCCCCCCCCCCCCC)CC(=O)O. The molecular formula is C24H42O4. The Kier molecular flexibility index (Phi) is 19.0. The van der Waals surface area contributed by atoms with Gasteiger partial charge < -0.3 is 9.84 Å². The second-order valence-corrected chi connectivity index (χ2v) is 7.58. The molecule has 0 aliphatic rings. The van der Waals surface area contributed by atoms with Gasteiger partial charge in [0.25, 0.3) is 0 Å². The van der Waals surface area contributed by atoms with E-state index < -0.39 is 17.9 Å². The fourth-order valence-electron chi connectivity index (χ4n) is 3.21. The number of allylic oxidation sites excluding steroid dienone is 1. The number of esters is 1. The number of hydrogen-bond acceptors (Lipinski definition) is 3. The van der Waals surface area contributed by atoms with Crippen LogP contribution in [0.3, 0.4) is 0 Å². The third kappa shape index (κ3) is 17.8. The van der Waals surface area contributed by atoms with Crippen LogP contribution in [0.5, 0.6) is 0 Å². The third-order valence-corrected chi connectivity index (χ3v) is 4.88. The van der Waals surface area contributed by atoms with Crippen molar-refractivity contribution in [3.63, 3.8) is 0 Å². The summed E-state index contributed by atoms with van der Waals surface area (Å²) < 4.78 is 4.96. The van der Waals surface area contributed by atoms with Gasteiger partial charge in [-0.1, -0.05) is 109 Å². The van der Waals surface area contributed by atoms with Gasteiger partial charge in [-0.05, 0) is 12.8 Å². The summed E-state index contributed by atoms with van der Waals surface area (Å²) in [5.74, 6) is -2.20. The molecule has 0 rings (SSSR count). The van der Waals surface area contributed by atoms with Crippen LogP contribution < -0.4 is 0 Å². The molecule has 0 aromatic rings. The van der Waals surface area contributed by atoms with E-state index in [1.807, 2.05) is 6.08 Å². The van der Waals surface area contributed by atoms with Crippen molar-refractivity contribution < 1.29 is 19.4 Å². The van der Waals surface area contributed by atoms with Crippen LogP contribution in [0.4, 0.5) is 0 Å². The average Bonchev–Trinajstić information content (AvgIpc) is 2.67. The van der Waals surface area contributed by atoms with Crippen molar-refractivity contribution in [1.29, 1.82) is 0 Å². The van der Waals surface area contributed by atoms with Crippen molar-refractivity contribution in [2.24, 2.45) is 5.92 Å². The number of carbonyl (C=O) groups is 2. The van der Waals surface area contributed by atoms with Gasteiger partial charge in [0.05, 0.1) is 12.3 Å². The van der Waals surface area contributed by atoms with Crippen LogP contribution in [0.1, 0.15) is 103 Å². The first kappa shape index (κ1) is 26.4. The minimum atomic E-state index is -0.994. The molecule has 0 heterocycles. The predicted octanol–water partition coefficient (Wildman–Crippen LogP) is 6.84. The highest BCUT2D eigenvalue weighted by molar-refractivity contribution is 5.80. The van der Waals surface area contributed by atoms with Crippen molar-refractivity contribution in [2.75, 3.05) is 6.61 Å². The van der Waals surface area contributed by atoms with Crippen LogP contribution in [0.15, 0.2) is 24.8 Å². The molecule has 0 spiro atoms. The van der Waals surface area contributed by atoms with E-state index in [9.17, 15) is 9.59 Å². The molecule has 162 valence electrons. The Bertz CT molecular complexity index is 428. The molecule has 0 aromatic carbocycles. The lowest BCUT2D eigenvalue weighted by Gasteiger charge is -2.09. The van der Waals surface area contributed by atoms with E-state index in [-0.39, 0.29) is 13.0 Å². The molecule has 0 aliphatic carbocycles. The Hall–Kier alpha value is -1.58. The fourth-order valence-corrected chi connectivity index (χ4v) is 3.21. The minimum absolute atomic E-state index is 0.113. The summed E-state index contributed by atoms with van der Waals surface area (Å²) in [6.45, 7) is 5.86. The highest BCUT2D eigenvalue weighted by Gasteiger charge is 2.19. The highest BCUT2D eigenvalue weighted by atomic mass is 16.5. The second-order valence-electron chi connectivity index (χ2n) is 7.58. The largest absolute Gasteiger partial charge is 0.481 e. The van der Waals surface area contributed by atoms with Gasteiger partial charge in [0.2, 0.25) is 0 Å². The monoisotopic (exact) mass is 394 g/mol. The Morgan fingerprint density at radius 3 is 1.86 bits per heavy atom. The topological polar surface area (TPSA) is 63.6 Å². The normalized spacial score (nSPS) is 12.2. The first-order valence-corrected chi connectivity index (χ1v) is 11.3. The lowest BCUT2D eigenvalue weighted by molar-refractivity contribution is -0.150. The molecule has 0 saturated carbocycles. The first-order chi connectivity index (χ1) is 13.6. The van der Waals surface area contributed by atoms with Crippen LogP contribution in [0.25, 0.3) is 0 Å². The summed E-state index contributed by atoms with van der Waals surface area (Å²) >= 11 is 0. The van der Waals surface area contributed by atoms with Crippen molar-refractivity contribution in [3.05, 3.63) is 24.8 Å². The number of hydrogen-bond donors (Lipinski definition) is 1. The van der Waals surface area contributed by atoms with E-state index in [0.717, 1.165) is 12.8 Å². The van der Waals surface area contributed by atoms with Crippen molar-refractivity contribution in [1.82, 2.24) is 0 Å². The Balaban J connectivity index is 3.64. The zero-order chi connectivity index (χ0) is 20.9. The standard InChI is InChI=1S/C24H42O4/c1-3-5-6-7-8-9-10-11-12-13-14-15-16-17-18-19-22(21-23(25)26)24(27)28-20-4-2/h4,18-19,22H,2-3,5-17,20-21H2,1H3,(H,25,26)/b19-18+. The van der Waals surface area contributed by atoms with E-state index in [1.165, 1.54) is 83.1 Å². The molecular weight excluding hydrogens is 352 g/mol. The van der Waals surface area contributed by atoms with Gasteiger partial charge in [0.15, 0.2) is 0 Å². The summed E-state index contributed by atoms with van der Waals surface area (Å²) in [5, 5.41) is 8.92. The smallest absolute Gasteiger partial charge is 0.313 e. The summed E-state index contributed by atoms with van der Waals surface area (Å²) in [4.78, 5) is 22.7. The van der Waals surface area contributed by atoms with Gasteiger partial charge in [-0.25, -0.2) is 0 Å². The van der Waals surface area contributed by atoms with Crippen molar-refractivity contribution in [3.8, 4) is 0 Å². The lowest BCUT2D eigenvalue weighted by atomic mass is 10.0. The molecule has 0 amide bonds. The molecule has 1 unspecified atom stereocenters. The lowest BCUT2D eigenvalue weighted by Crippen LogP contribution is -2.19. The number of carboxylic acids is 1. The van der Waals surface area contributed by atoms with Crippen molar-refractivity contribution >= 4 is 11.9 Å². The van der Waals surface area contributed by atoms with E-state index in [1.54, 1.807) is 6.08 Å². The molecule has 0 radical (unpaired) electrons.